The van der Waals surface area contributed by atoms with Crippen LogP contribution in [0.1, 0.15) is 18.2 Å². The monoisotopic (exact) mass is 312 g/mol. The Balaban J connectivity index is 1.96. The lowest BCUT2D eigenvalue weighted by Crippen LogP contribution is -2.28. The van der Waals surface area contributed by atoms with Gasteiger partial charge in [-0.3, -0.25) is 9.78 Å². The first-order valence-corrected chi connectivity index (χ1v) is 8.22. The Kier molecular flexibility index (Phi) is 5.10. The molecule has 3 N–H and O–H groups in total. The summed E-state index contributed by atoms with van der Waals surface area (Å²) >= 11 is 0. The summed E-state index contributed by atoms with van der Waals surface area (Å²) in [7, 11) is -1.76. The number of nitrogens with one attached hydrogen (secondary N) is 3. The molecule has 0 radical (unpaired) electrons. The van der Waals surface area contributed by atoms with Crippen LogP contribution in [0, 0.1) is 0 Å². The van der Waals surface area contributed by atoms with E-state index >= 15 is 0 Å². The average Bonchev–Trinajstić information content (AvgIpc) is 3.05. The first kappa shape index (κ1) is 15.7. The van der Waals surface area contributed by atoms with E-state index in [1.54, 1.807) is 4.68 Å². The zero-order valence-electron chi connectivity index (χ0n) is 12.1. The number of aromatic amines is 1. The molecule has 116 valence electrons. The highest BCUT2D eigenvalue weighted by Gasteiger charge is 2.20. The highest BCUT2D eigenvalue weighted by atomic mass is 32.2. The van der Waals surface area contributed by atoms with Crippen LogP contribution in [0.4, 0.5) is 0 Å². The molecule has 9 heteroatoms. The molecule has 2 heterocycles. The number of aromatic nitrogens is 4. The topological polar surface area (TPSA) is 105 Å². The van der Waals surface area contributed by atoms with Crippen LogP contribution in [-0.2, 0) is 30.0 Å². The number of rotatable bonds is 8. The first-order valence-electron chi connectivity index (χ1n) is 6.74. The number of hydrogen-bond donors (Lipinski definition) is 3. The van der Waals surface area contributed by atoms with Crippen LogP contribution in [0.15, 0.2) is 23.5 Å². The summed E-state index contributed by atoms with van der Waals surface area (Å²) in [6, 6.07) is 1.86. The second-order valence-electron chi connectivity index (χ2n) is 4.63. The number of hydrogen-bond acceptors (Lipinski definition) is 5. The number of nitrogens with zero attached hydrogens (tertiary/aromatic N) is 3. The van der Waals surface area contributed by atoms with Gasteiger partial charge >= 0.3 is 0 Å². The molecule has 0 atom stereocenters. The van der Waals surface area contributed by atoms with E-state index in [1.165, 1.54) is 6.20 Å². The van der Waals surface area contributed by atoms with Crippen LogP contribution in [0.5, 0.6) is 0 Å². The van der Waals surface area contributed by atoms with Crippen molar-refractivity contribution in [2.45, 2.75) is 24.9 Å². The van der Waals surface area contributed by atoms with Crippen LogP contribution in [-0.4, -0.2) is 41.5 Å². The highest BCUT2D eigenvalue weighted by Crippen LogP contribution is 2.11. The lowest BCUT2D eigenvalue weighted by Gasteiger charge is -2.06. The predicted molar refractivity (Wildman–Crippen MR) is 78.1 cm³/mol. The molecule has 8 nitrogen and oxygen atoms in total. The Morgan fingerprint density at radius 3 is 2.90 bits per heavy atom. The fourth-order valence-electron chi connectivity index (χ4n) is 1.90. The maximum Gasteiger partial charge on any atom is 0.257 e. The third-order valence-corrected chi connectivity index (χ3v) is 4.43. The quantitative estimate of drug-likeness (QED) is 0.625. The van der Waals surface area contributed by atoms with Crippen LogP contribution < -0.4 is 10.0 Å². The van der Waals surface area contributed by atoms with E-state index in [2.05, 4.69) is 25.3 Å². The van der Waals surface area contributed by atoms with Crippen molar-refractivity contribution in [1.29, 1.82) is 0 Å². The van der Waals surface area contributed by atoms with Crippen molar-refractivity contribution >= 4 is 10.0 Å². The molecule has 21 heavy (non-hydrogen) atoms. The Bertz CT molecular complexity index is 675. The summed E-state index contributed by atoms with van der Waals surface area (Å²) in [5.41, 5.74) is 1.47. The minimum Gasteiger partial charge on any atom is -0.313 e. The SMILES string of the molecule is CCNCc1cn[nH]c1S(=O)(=O)NCCc1ccn(C)n1. The molecule has 0 spiro atoms. The second kappa shape index (κ2) is 6.83. The molecule has 0 aromatic carbocycles. The van der Waals surface area contributed by atoms with E-state index in [0.29, 0.717) is 25.1 Å². The van der Waals surface area contributed by atoms with Gasteiger partial charge in [-0.2, -0.15) is 10.2 Å². The maximum atomic E-state index is 12.2. The van der Waals surface area contributed by atoms with Gasteiger partial charge in [-0.1, -0.05) is 6.92 Å². The average molecular weight is 312 g/mol. The van der Waals surface area contributed by atoms with Crippen molar-refractivity contribution < 1.29 is 8.42 Å². The van der Waals surface area contributed by atoms with Gasteiger partial charge in [0, 0.05) is 38.3 Å². The van der Waals surface area contributed by atoms with Gasteiger partial charge in [0.25, 0.3) is 10.0 Å². The van der Waals surface area contributed by atoms with Crippen LogP contribution in [0.25, 0.3) is 0 Å². The van der Waals surface area contributed by atoms with E-state index < -0.39 is 10.0 Å². The molecule has 0 fully saturated rings. The largest absolute Gasteiger partial charge is 0.313 e. The molecule has 0 saturated heterocycles. The summed E-state index contributed by atoms with van der Waals surface area (Å²) < 4.78 is 28.7. The van der Waals surface area contributed by atoms with Crippen molar-refractivity contribution in [2.24, 2.45) is 7.05 Å². The fraction of sp³-hybridized carbons (Fsp3) is 0.500. The highest BCUT2D eigenvalue weighted by molar-refractivity contribution is 7.89. The molecule has 0 saturated carbocycles. The first-order chi connectivity index (χ1) is 10.0. The smallest absolute Gasteiger partial charge is 0.257 e. The van der Waals surface area contributed by atoms with E-state index in [9.17, 15) is 8.42 Å². The molecule has 0 bridgehead atoms. The molecule has 0 aliphatic heterocycles. The Morgan fingerprint density at radius 1 is 1.43 bits per heavy atom. The minimum atomic E-state index is -3.58. The Labute approximate surface area is 124 Å². The molecule has 2 rings (SSSR count). The van der Waals surface area contributed by atoms with Gasteiger partial charge in [0.2, 0.25) is 0 Å². The van der Waals surface area contributed by atoms with E-state index in [-0.39, 0.29) is 5.03 Å². The van der Waals surface area contributed by atoms with Gasteiger partial charge in [0.15, 0.2) is 5.03 Å². The standard InChI is InChI=1S/C12H20N6O2S/c1-3-13-8-10-9-14-16-12(10)21(19,20)15-6-4-11-5-7-18(2)17-11/h5,7,9,13,15H,3-4,6,8H2,1-2H3,(H,14,16). The second-order valence-corrected chi connectivity index (χ2v) is 6.34. The lowest BCUT2D eigenvalue weighted by molar-refractivity contribution is 0.574. The van der Waals surface area contributed by atoms with E-state index in [1.807, 2.05) is 26.2 Å². The third kappa shape index (κ3) is 4.13. The van der Waals surface area contributed by atoms with Crippen molar-refractivity contribution in [2.75, 3.05) is 13.1 Å². The van der Waals surface area contributed by atoms with Gasteiger partial charge in [0.1, 0.15) is 0 Å². The van der Waals surface area contributed by atoms with Gasteiger partial charge in [-0.25, -0.2) is 13.1 Å². The Hall–Kier alpha value is -1.71. The molecule has 0 amide bonds. The molecular formula is C12H20N6O2S. The van der Waals surface area contributed by atoms with Crippen LogP contribution in [0.3, 0.4) is 0 Å². The number of H-pyrrole nitrogens is 1. The van der Waals surface area contributed by atoms with E-state index in [0.717, 1.165) is 12.2 Å². The lowest BCUT2D eigenvalue weighted by atomic mass is 10.3. The molecule has 2 aromatic rings. The maximum absolute atomic E-state index is 12.2. The zero-order valence-corrected chi connectivity index (χ0v) is 12.9. The summed E-state index contributed by atoms with van der Waals surface area (Å²) in [4.78, 5) is 0. The summed E-state index contributed by atoms with van der Waals surface area (Å²) in [6.07, 6.45) is 3.89. The van der Waals surface area contributed by atoms with Crippen LogP contribution in [0.2, 0.25) is 0 Å². The van der Waals surface area contributed by atoms with Crippen molar-refractivity contribution in [3.8, 4) is 0 Å². The molecular weight excluding hydrogens is 292 g/mol. The number of sulfonamides is 1. The van der Waals surface area contributed by atoms with Gasteiger partial charge < -0.3 is 5.32 Å². The van der Waals surface area contributed by atoms with Gasteiger partial charge in [-0.15, -0.1) is 0 Å². The zero-order chi connectivity index (χ0) is 15.3. The molecule has 0 aliphatic rings. The third-order valence-electron chi connectivity index (χ3n) is 2.95. The fourth-order valence-corrected chi connectivity index (χ4v) is 3.06. The van der Waals surface area contributed by atoms with E-state index in [4.69, 9.17) is 0 Å². The normalized spacial score (nSPS) is 11.9. The van der Waals surface area contributed by atoms with Gasteiger partial charge in [-0.05, 0) is 12.6 Å². The Morgan fingerprint density at radius 2 is 2.24 bits per heavy atom. The predicted octanol–water partition coefficient (Wildman–Crippen LogP) is -0.226. The van der Waals surface area contributed by atoms with Crippen molar-refractivity contribution in [3.05, 3.63) is 29.7 Å². The molecule has 0 aliphatic carbocycles. The molecule has 2 aromatic heterocycles. The summed E-state index contributed by atoms with van der Waals surface area (Å²) in [5, 5.41) is 13.8. The number of aryl methyl sites for hydroxylation is 1. The van der Waals surface area contributed by atoms with Crippen LogP contribution >= 0.6 is 0 Å². The summed E-state index contributed by atoms with van der Waals surface area (Å²) in [6.45, 7) is 3.47. The minimum absolute atomic E-state index is 0.115. The molecule has 0 unspecified atom stereocenters. The van der Waals surface area contributed by atoms with Crippen molar-refractivity contribution in [3.63, 3.8) is 0 Å². The van der Waals surface area contributed by atoms with Gasteiger partial charge in [0.05, 0.1) is 11.9 Å². The summed E-state index contributed by atoms with van der Waals surface area (Å²) in [5.74, 6) is 0. The van der Waals surface area contributed by atoms with Crippen molar-refractivity contribution in [1.82, 2.24) is 30.0 Å².